The van der Waals surface area contributed by atoms with Crippen LogP contribution in [0.3, 0.4) is 0 Å². The van der Waals surface area contributed by atoms with Gasteiger partial charge >= 0.3 is 0 Å². The lowest BCUT2D eigenvalue weighted by Crippen LogP contribution is -2.11. The zero-order chi connectivity index (χ0) is 45.4. The molecular formula is C46H29NOS. The molecule has 0 fully saturated rings. The minimum Gasteiger partial charge on any atom is -0.455 e. The van der Waals surface area contributed by atoms with Gasteiger partial charge in [0.25, 0.3) is 0 Å². The van der Waals surface area contributed by atoms with E-state index in [0.717, 1.165) is 22.1 Å². The first-order chi connectivity index (χ1) is 30.6. The Balaban J connectivity index is 1.36. The molecule has 49 heavy (non-hydrogen) atoms. The van der Waals surface area contributed by atoms with Crippen molar-refractivity contribution < 1.29 is 25.0 Å². The number of para-hydroxylation sites is 1. The number of fused-ring (bicyclic) bond motifs is 8. The van der Waals surface area contributed by atoms with Gasteiger partial charge in [0.1, 0.15) is 11.2 Å². The second-order valence-electron chi connectivity index (χ2n) is 11.3. The van der Waals surface area contributed by atoms with Gasteiger partial charge in [0.05, 0.1) is 37.3 Å². The van der Waals surface area contributed by atoms with Crippen molar-refractivity contribution >= 4 is 81.3 Å². The van der Waals surface area contributed by atoms with E-state index in [9.17, 15) is 8.22 Å². The van der Waals surface area contributed by atoms with E-state index in [0.29, 0.717) is 27.5 Å². The summed E-state index contributed by atoms with van der Waals surface area (Å²) < 4.78 is 143. The number of thiophene rings is 1. The van der Waals surface area contributed by atoms with Gasteiger partial charge in [-0.2, -0.15) is 0 Å². The van der Waals surface area contributed by atoms with Gasteiger partial charge < -0.3 is 9.32 Å². The van der Waals surface area contributed by atoms with Crippen LogP contribution in [-0.2, 0) is 0 Å². The molecule has 0 aliphatic carbocycles. The van der Waals surface area contributed by atoms with Crippen LogP contribution in [0.1, 0.15) is 20.6 Å². The van der Waals surface area contributed by atoms with Gasteiger partial charge in [0, 0.05) is 42.2 Å². The number of hydrogen-bond donors (Lipinski definition) is 0. The molecule has 0 spiro atoms. The molecule has 0 atom stereocenters. The molecule has 0 saturated heterocycles. The summed E-state index contributed by atoms with van der Waals surface area (Å²) in [4.78, 5) is 1.31. The van der Waals surface area contributed by atoms with Crippen molar-refractivity contribution in [1.82, 2.24) is 0 Å². The SMILES string of the molecule is [2H]c1c([2H])c([2H])c(N(c2c([2H])c([2H])c(-c3c([2H])c([2H])c([2H])c4c3sc3c([2H])c([2H])c([2H])c([2H])c34)c([2H])c2[2H])c2cccc3oc4c5ccccc5ccc4c23)c(-c2ccccc2)c1[2H]. The van der Waals surface area contributed by atoms with Gasteiger partial charge in [-0.1, -0.05) is 133 Å². The standard InChI is InChI=1S/C46H29NOS/c1-2-12-30(13-3-1)34-15-6-8-20-40(34)47(41-21-11-22-42-44(41)39-29-26-31-14-4-5-16-35(31)45(39)48-42)33-27-24-32(25-28-33)36-18-10-19-38-37-17-7-9-23-43(37)49-46(36)38/h1-29H/i6D,7D,8D,9D,10D,15D,17D,18D,19D,20D,23D,24D,25D,27D,28D. The van der Waals surface area contributed by atoms with Crippen LogP contribution in [0.15, 0.2) is 180 Å². The molecule has 8 aromatic carbocycles. The highest BCUT2D eigenvalue weighted by Crippen LogP contribution is 2.47. The van der Waals surface area contributed by atoms with Crippen molar-refractivity contribution in [3.8, 4) is 22.3 Å². The smallest absolute Gasteiger partial charge is 0.143 e. The van der Waals surface area contributed by atoms with Crippen LogP contribution < -0.4 is 4.90 Å². The fourth-order valence-electron chi connectivity index (χ4n) is 6.41. The van der Waals surface area contributed by atoms with Crippen molar-refractivity contribution in [2.45, 2.75) is 0 Å². The van der Waals surface area contributed by atoms with Crippen molar-refractivity contribution in [3.63, 3.8) is 0 Å². The molecule has 0 radical (unpaired) electrons. The Kier molecular flexibility index (Phi) is 3.85. The summed E-state index contributed by atoms with van der Waals surface area (Å²) >= 11 is 0.799. The molecule has 0 saturated carbocycles. The van der Waals surface area contributed by atoms with Gasteiger partial charge in [0.15, 0.2) is 0 Å². The molecular weight excluding hydrogens is 615 g/mol. The minimum absolute atomic E-state index is 0.00352. The molecule has 3 heteroatoms. The first-order valence-electron chi connectivity index (χ1n) is 22.9. The maximum Gasteiger partial charge on any atom is 0.143 e. The highest BCUT2D eigenvalue weighted by molar-refractivity contribution is 7.26. The predicted octanol–water partition coefficient (Wildman–Crippen LogP) is 13.9. The van der Waals surface area contributed by atoms with E-state index in [4.69, 9.17) is 16.8 Å². The molecule has 0 N–H and O–H groups in total. The van der Waals surface area contributed by atoms with E-state index in [1.165, 1.54) is 4.90 Å². The van der Waals surface area contributed by atoms with Gasteiger partial charge in [-0.05, 0) is 64.4 Å². The predicted molar refractivity (Wildman–Crippen MR) is 210 cm³/mol. The van der Waals surface area contributed by atoms with Gasteiger partial charge in [0.2, 0.25) is 0 Å². The molecule has 0 amide bonds. The Bertz CT molecular complexity index is 3670. The summed E-state index contributed by atoms with van der Waals surface area (Å²) in [5, 5.41) is 2.56. The second kappa shape index (κ2) is 11.2. The molecule has 0 unspecified atom stereocenters. The lowest BCUT2D eigenvalue weighted by molar-refractivity contribution is 0.672. The summed E-state index contributed by atoms with van der Waals surface area (Å²) in [6.45, 7) is 0. The maximum absolute atomic E-state index is 9.80. The molecule has 0 bridgehead atoms. The van der Waals surface area contributed by atoms with E-state index in [2.05, 4.69) is 0 Å². The largest absolute Gasteiger partial charge is 0.455 e. The fourth-order valence-corrected chi connectivity index (χ4v) is 7.48. The molecule has 10 rings (SSSR count). The monoisotopic (exact) mass is 658 g/mol. The van der Waals surface area contributed by atoms with Crippen LogP contribution in [0.5, 0.6) is 0 Å². The fraction of sp³-hybridized carbons (Fsp3) is 0. The third kappa shape index (κ3) is 4.47. The summed E-state index contributed by atoms with van der Waals surface area (Å²) in [6.07, 6.45) is 0. The third-order valence-electron chi connectivity index (χ3n) is 8.58. The van der Waals surface area contributed by atoms with Crippen molar-refractivity contribution in [3.05, 3.63) is 176 Å². The zero-order valence-electron chi connectivity index (χ0n) is 40.3. The van der Waals surface area contributed by atoms with Crippen LogP contribution in [0.25, 0.3) is 75.1 Å². The zero-order valence-corrected chi connectivity index (χ0v) is 26.2. The van der Waals surface area contributed by atoms with Gasteiger partial charge in [-0.25, -0.2) is 0 Å². The number of anilines is 3. The summed E-state index contributed by atoms with van der Waals surface area (Å²) in [7, 11) is 0. The van der Waals surface area contributed by atoms with E-state index < -0.39 is 102 Å². The maximum atomic E-state index is 9.80. The Hall–Kier alpha value is -6.16. The Labute approximate surface area is 308 Å². The van der Waals surface area contributed by atoms with Crippen LogP contribution in [-0.4, -0.2) is 0 Å². The number of nitrogens with zero attached hydrogens (tertiary/aromatic N) is 1. The van der Waals surface area contributed by atoms with Gasteiger partial charge in [-0.15, -0.1) is 11.3 Å². The van der Waals surface area contributed by atoms with E-state index in [1.807, 2.05) is 36.4 Å². The molecule has 2 nitrogen and oxygen atoms in total. The molecule has 0 aliphatic heterocycles. The van der Waals surface area contributed by atoms with Crippen LogP contribution in [0, 0.1) is 0 Å². The highest BCUT2D eigenvalue weighted by Gasteiger charge is 2.22. The van der Waals surface area contributed by atoms with Crippen molar-refractivity contribution in [2.24, 2.45) is 0 Å². The number of benzene rings is 8. The van der Waals surface area contributed by atoms with Crippen molar-refractivity contribution in [1.29, 1.82) is 0 Å². The van der Waals surface area contributed by atoms with Crippen LogP contribution >= 0.6 is 11.3 Å². The van der Waals surface area contributed by atoms with E-state index >= 15 is 0 Å². The van der Waals surface area contributed by atoms with Crippen LogP contribution in [0.4, 0.5) is 17.1 Å². The minimum atomic E-state index is -0.692. The topological polar surface area (TPSA) is 16.4 Å². The first-order valence-corrected chi connectivity index (χ1v) is 16.2. The summed E-state index contributed by atoms with van der Waals surface area (Å²) in [6, 6.07) is 16.2. The van der Waals surface area contributed by atoms with E-state index in [1.54, 1.807) is 48.5 Å². The van der Waals surface area contributed by atoms with Gasteiger partial charge in [-0.3, -0.25) is 0 Å². The summed E-state index contributed by atoms with van der Waals surface area (Å²) in [5.74, 6) is 0. The molecule has 2 aromatic heterocycles. The average molecular weight is 659 g/mol. The number of rotatable bonds is 5. The Morgan fingerprint density at radius 3 is 2.20 bits per heavy atom. The lowest BCUT2D eigenvalue weighted by atomic mass is 9.99. The molecule has 230 valence electrons. The van der Waals surface area contributed by atoms with E-state index in [-0.39, 0.29) is 42.7 Å². The average Bonchev–Trinajstić information content (AvgIpc) is 3.90. The quantitative estimate of drug-likeness (QED) is 0.183. The molecule has 10 aromatic rings. The Morgan fingerprint density at radius 2 is 1.29 bits per heavy atom. The normalized spacial score (nSPS) is 16.0. The number of furan rings is 1. The van der Waals surface area contributed by atoms with Crippen LogP contribution in [0.2, 0.25) is 0 Å². The first kappa shape index (κ1) is 16.8. The van der Waals surface area contributed by atoms with Crippen molar-refractivity contribution in [2.75, 3.05) is 4.90 Å². The molecule has 2 heterocycles. The molecule has 0 aliphatic rings. The lowest BCUT2D eigenvalue weighted by Gasteiger charge is -2.28. The second-order valence-corrected chi connectivity index (χ2v) is 12.3. The third-order valence-corrected chi connectivity index (χ3v) is 9.70. The number of hydrogen-bond acceptors (Lipinski definition) is 3. The highest BCUT2D eigenvalue weighted by atomic mass is 32.1. The summed E-state index contributed by atoms with van der Waals surface area (Å²) in [5.41, 5.74) is 0.152. The Morgan fingerprint density at radius 1 is 0.510 bits per heavy atom.